The van der Waals surface area contributed by atoms with Gasteiger partial charge in [-0.05, 0) is 25.2 Å². The zero-order valence-electron chi connectivity index (χ0n) is 12.5. The minimum Gasteiger partial charge on any atom is -0.490 e. The number of hydrogen-bond donors (Lipinski definition) is 1. The van der Waals surface area contributed by atoms with Gasteiger partial charge in [0.15, 0.2) is 11.6 Å². The van der Waals surface area contributed by atoms with E-state index < -0.39 is 0 Å². The quantitative estimate of drug-likeness (QED) is 0.805. The van der Waals surface area contributed by atoms with Crippen molar-refractivity contribution in [2.24, 2.45) is 5.92 Å². The maximum Gasteiger partial charge on any atom is 0.167 e. The van der Waals surface area contributed by atoms with Crippen molar-refractivity contribution < 1.29 is 9.13 Å². The van der Waals surface area contributed by atoms with Crippen LogP contribution in [0.2, 0.25) is 0 Å². The van der Waals surface area contributed by atoms with E-state index in [1.165, 1.54) is 25.3 Å². The average molecular weight is 280 g/mol. The van der Waals surface area contributed by atoms with Gasteiger partial charge >= 0.3 is 0 Å². The molecule has 0 radical (unpaired) electrons. The number of nitrogen functional groups attached to an aromatic ring is 1. The fraction of sp³-hybridized carbons (Fsp3) is 0.625. The van der Waals surface area contributed by atoms with Crippen LogP contribution < -0.4 is 15.4 Å². The van der Waals surface area contributed by atoms with Crippen molar-refractivity contribution in [1.29, 1.82) is 0 Å². The first-order chi connectivity index (χ1) is 9.65. The van der Waals surface area contributed by atoms with E-state index in [0.29, 0.717) is 18.0 Å². The Morgan fingerprint density at radius 2 is 2.15 bits per heavy atom. The molecule has 1 aliphatic heterocycles. The van der Waals surface area contributed by atoms with Gasteiger partial charge in [-0.15, -0.1) is 0 Å². The van der Waals surface area contributed by atoms with Gasteiger partial charge in [-0.25, -0.2) is 4.39 Å². The molecule has 0 saturated carbocycles. The smallest absolute Gasteiger partial charge is 0.167 e. The van der Waals surface area contributed by atoms with Crippen LogP contribution >= 0.6 is 0 Å². The third kappa shape index (κ3) is 3.35. The lowest BCUT2D eigenvalue weighted by atomic mass is 10.0. The molecule has 3 nitrogen and oxygen atoms in total. The zero-order valence-corrected chi connectivity index (χ0v) is 12.5. The number of nitrogens with zero attached hydrogens (tertiary/aromatic N) is 1. The van der Waals surface area contributed by atoms with E-state index in [4.69, 9.17) is 10.5 Å². The van der Waals surface area contributed by atoms with E-state index in [1.54, 1.807) is 6.07 Å². The van der Waals surface area contributed by atoms with Crippen molar-refractivity contribution in [3.8, 4) is 5.75 Å². The second kappa shape index (κ2) is 6.82. The molecule has 1 saturated heterocycles. The van der Waals surface area contributed by atoms with Gasteiger partial charge in [-0.3, -0.25) is 0 Å². The SMILES string of the molecule is CCCOc1cc(N2CCC(CCC)C2)c(N)cc1F. The molecule has 1 aromatic rings. The van der Waals surface area contributed by atoms with Crippen LogP contribution in [0.15, 0.2) is 12.1 Å². The van der Waals surface area contributed by atoms with Gasteiger partial charge in [0.2, 0.25) is 0 Å². The monoisotopic (exact) mass is 280 g/mol. The summed E-state index contributed by atoms with van der Waals surface area (Å²) in [5.74, 6) is 0.670. The summed E-state index contributed by atoms with van der Waals surface area (Å²) in [7, 11) is 0. The number of benzene rings is 1. The number of rotatable bonds is 6. The summed E-state index contributed by atoms with van der Waals surface area (Å²) in [6.07, 6.45) is 4.51. The van der Waals surface area contributed by atoms with Gasteiger partial charge in [0.1, 0.15) is 0 Å². The molecule has 0 aromatic heterocycles. The minimum absolute atomic E-state index is 0.315. The first-order valence-corrected chi connectivity index (χ1v) is 7.62. The molecule has 112 valence electrons. The lowest BCUT2D eigenvalue weighted by Crippen LogP contribution is -2.21. The topological polar surface area (TPSA) is 38.5 Å². The van der Waals surface area contributed by atoms with Crippen molar-refractivity contribution in [2.75, 3.05) is 30.3 Å². The Labute approximate surface area is 120 Å². The molecule has 0 aliphatic carbocycles. The molecule has 0 spiro atoms. The van der Waals surface area contributed by atoms with Crippen LogP contribution in [0.4, 0.5) is 15.8 Å². The lowest BCUT2D eigenvalue weighted by molar-refractivity contribution is 0.301. The predicted octanol–water partition coefficient (Wildman–Crippen LogP) is 3.82. The molecular weight excluding hydrogens is 255 g/mol. The van der Waals surface area contributed by atoms with E-state index in [9.17, 15) is 4.39 Å². The van der Waals surface area contributed by atoms with E-state index >= 15 is 0 Å². The lowest BCUT2D eigenvalue weighted by Gasteiger charge is -2.22. The highest BCUT2D eigenvalue weighted by atomic mass is 19.1. The molecule has 0 amide bonds. The zero-order chi connectivity index (χ0) is 14.5. The largest absolute Gasteiger partial charge is 0.490 e. The van der Waals surface area contributed by atoms with Gasteiger partial charge < -0.3 is 15.4 Å². The van der Waals surface area contributed by atoms with Crippen molar-refractivity contribution in [3.05, 3.63) is 17.9 Å². The number of nitrogens with two attached hydrogens (primary N) is 1. The standard InChI is InChI=1S/C16H25FN2O/c1-3-5-12-6-7-19(11-12)15-10-16(20-8-4-2)13(17)9-14(15)18/h9-10,12H,3-8,11,18H2,1-2H3. The van der Waals surface area contributed by atoms with Crippen LogP contribution in [0.5, 0.6) is 5.75 Å². The summed E-state index contributed by atoms with van der Waals surface area (Å²) in [6.45, 7) is 6.75. The Hall–Kier alpha value is -1.45. The highest BCUT2D eigenvalue weighted by Crippen LogP contribution is 2.35. The number of anilines is 2. The second-order valence-corrected chi connectivity index (χ2v) is 5.58. The van der Waals surface area contributed by atoms with Gasteiger partial charge in [0.05, 0.1) is 18.0 Å². The Bertz CT molecular complexity index is 450. The number of halogens is 1. The molecule has 20 heavy (non-hydrogen) atoms. The minimum atomic E-state index is -0.371. The molecule has 2 N–H and O–H groups in total. The van der Waals surface area contributed by atoms with Gasteiger partial charge in [-0.2, -0.15) is 0 Å². The molecule has 1 heterocycles. The average Bonchev–Trinajstić information content (AvgIpc) is 2.87. The van der Waals surface area contributed by atoms with Crippen LogP contribution in [0.25, 0.3) is 0 Å². The first-order valence-electron chi connectivity index (χ1n) is 7.62. The summed E-state index contributed by atoms with van der Waals surface area (Å²) in [4.78, 5) is 2.26. The summed E-state index contributed by atoms with van der Waals surface area (Å²) in [6, 6.07) is 3.14. The van der Waals surface area contributed by atoms with E-state index in [-0.39, 0.29) is 5.82 Å². The highest BCUT2D eigenvalue weighted by molar-refractivity contribution is 5.70. The number of ether oxygens (including phenoxy) is 1. The third-order valence-corrected chi connectivity index (χ3v) is 3.87. The normalized spacial score (nSPS) is 18.6. The van der Waals surface area contributed by atoms with Crippen molar-refractivity contribution in [2.45, 2.75) is 39.5 Å². The maximum atomic E-state index is 13.8. The van der Waals surface area contributed by atoms with Gasteiger partial charge in [-0.1, -0.05) is 20.3 Å². The molecule has 2 rings (SSSR count). The summed E-state index contributed by atoms with van der Waals surface area (Å²) in [5.41, 5.74) is 7.40. The molecule has 1 aromatic carbocycles. The van der Waals surface area contributed by atoms with Crippen LogP contribution in [-0.4, -0.2) is 19.7 Å². The van der Waals surface area contributed by atoms with Crippen molar-refractivity contribution in [3.63, 3.8) is 0 Å². The first kappa shape index (κ1) is 14.9. The maximum absolute atomic E-state index is 13.8. The fourth-order valence-corrected chi connectivity index (χ4v) is 2.85. The van der Waals surface area contributed by atoms with Gasteiger partial charge in [0, 0.05) is 25.2 Å². The molecule has 1 unspecified atom stereocenters. The molecule has 1 fully saturated rings. The highest BCUT2D eigenvalue weighted by Gasteiger charge is 2.24. The van der Waals surface area contributed by atoms with Crippen LogP contribution in [0, 0.1) is 11.7 Å². The third-order valence-electron chi connectivity index (χ3n) is 3.87. The fourth-order valence-electron chi connectivity index (χ4n) is 2.85. The predicted molar refractivity (Wildman–Crippen MR) is 81.8 cm³/mol. The van der Waals surface area contributed by atoms with E-state index in [0.717, 1.165) is 31.1 Å². The Kier molecular flexibility index (Phi) is 5.10. The molecule has 0 bridgehead atoms. The number of hydrogen-bond acceptors (Lipinski definition) is 3. The summed E-state index contributed by atoms with van der Waals surface area (Å²) >= 11 is 0. The van der Waals surface area contributed by atoms with Gasteiger partial charge in [0.25, 0.3) is 0 Å². The van der Waals surface area contributed by atoms with Crippen LogP contribution in [0.3, 0.4) is 0 Å². The second-order valence-electron chi connectivity index (χ2n) is 5.58. The van der Waals surface area contributed by atoms with E-state index in [1.807, 2.05) is 6.92 Å². The summed E-state index contributed by atoms with van der Waals surface area (Å²) < 4.78 is 19.3. The Morgan fingerprint density at radius 3 is 2.85 bits per heavy atom. The van der Waals surface area contributed by atoms with Crippen molar-refractivity contribution in [1.82, 2.24) is 0 Å². The Morgan fingerprint density at radius 1 is 1.35 bits per heavy atom. The summed E-state index contributed by atoms with van der Waals surface area (Å²) in [5, 5.41) is 0. The molecule has 1 atom stereocenters. The van der Waals surface area contributed by atoms with Crippen LogP contribution in [-0.2, 0) is 0 Å². The molecule has 1 aliphatic rings. The van der Waals surface area contributed by atoms with Crippen molar-refractivity contribution >= 4 is 11.4 Å². The Balaban J connectivity index is 2.14. The van der Waals surface area contributed by atoms with Crippen LogP contribution in [0.1, 0.15) is 39.5 Å². The molecule has 4 heteroatoms. The molecular formula is C16H25FN2O. The van der Waals surface area contributed by atoms with E-state index in [2.05, 4.69) is 11.8 Å².